The van der Waals surface area contributed by atoms with Crippen LogP contribution in [0.4, 0.5) is 0 Å². The monoisotopic (exact) mass is 667 g/mol. The Bertz CT molecular complexity index is 2830. The summed E-state index contributed by atoms with van der Waals surface area (Å²) in [5.41, 5.74) is 10.3. The molecule has 0 aliphatic rings. The Morgan fingerprint density at radius 3 is 1.75 bits per heavy atom. The number of fused-ring (bicyclic) bond motifs is 6. The van der Waals surface area contributed by atoms with Crippen molar-refractivity contribution in [3.63, 3.8) is 0 Å². The third kappa shape index (κ3) is 5.16. The van der Waals surface area contributed by atoms with Crippen LogP contribution in [0.25, 0.3) is 98.1 Å². The lowest BCUT2D eigenvalue weighted by molar-refractivity contribution is 1.18. The average Bonchev–Trinajstić information content (AvgIpc) is 3.61. The van der Waals surface area contributed by atoms with Crippen molar-refractivity contribution >= 4 is 53.2 Å². The second kappa shape index (κ2) is 12.1. The number of benzene rings is 7. The highest BCUT2D eigenvalue weighted by Crippen LogP contribution is 2.44. The summed E-state index contributed by atoms with van der Waals surface area (Å²) in [6, 6.07) is 61.8. The van der Waals surface area contributed by atoms with Gasteiger partial charge in [0.15, 0.2) is 5.82 Å². The fourth-order valence-corrected chi connectivity index (χ4v) is 8.41. The van der Waals surface area contributed by atoms with Crippen molar-refractivity contribution in [3.05, 3.63) is 176 Å². The van der Waals surface area contributed by atoms with Crippen LogP contribution >= 0.6 is 11.3 Å². The Balaban J connectivity index is 1.10. The first-order chi connectivity index (χ1) is 25.3. The summed E-state index contributed by atoms with van der Waals surface area (Å²) in [5, 5.41) is 6.08. The van der Waals surface area contributed by atoms with Crippen molar-refractivity contribution in [1.82, 2.24) is 15.0 Å². The van der Waals surface area contributed by atoms with Crippen molar-refractivity contribution in [2.45, 2.75) is 0 Å². The summed E-state index contributed by atoms with van der Waals surface area (Å²) >= 11 is 1.85. The molecule has 238 valence electrons. The zero-order valence-corrected chi connectivity index (χ0v) is 28.3. The molecule has 7 aromatic carbocycles. The topological polar surface area (TPSA) is 38.7 Å². The van der Waals surface area contributed by atoms with Crippen LogP contribution in [0, 0.1) is 0 Å². The standard InChI is InChI=1S/C47H29N3S/c1-3-13-32(14-4-1)40-29-41(33-15-5-2-6-16-33)50-47(49-40)34-24-22-30(23-25-34)35-26-27-38-42(28-35)48-45(37-20-11-17-31-12-7-8-18-36(31)37)44-39-19-9-10-21-43(39)51-46(38)44/h1-29H. The Kier molecular flexibility index (Phi) is 7.00. The van der Waals surface area contributed by atoms with E-state index in [1.807, 2.05) is 47.7 Å². The minimum absolute atomic E-state index is 0.703. The van der Waals surface area contributed by atoms with E-state index in [1.54, 1.807) is 0 Å². The summed E-state index contributed by atoms with van der Waals surface area (Å²) in [4.78, 5) is 15.5. The predicted octanol–water partition coefficient (Wildman–Crippen LogP) is 12.9. The number of hydrogen-bond acceptors (Lipinski definition) is 4. The Morgan fingerprint density at radius 1 is 0.392 bits per heavy atom. The number of pyridine rings is 1. The fourth-order valence-electron chi connectivity index (χ4n) is 7.17. The number of thiophene rings is 1. The van der Waals surface area contributed by atoms with Gasteiger partial charge in [-0.2, -0.15) is 0 Å². The van der Waals surface area contributed by atoms with Gasteiger partial charge in [0.2, 0.25) is 0 Å². The molecule has 0 atom stereocenters. The number of rotatable bonds is 5. The van der Waals surface area contributed by atoms with Crippen LogP contribution in [0.5, 0.6) is 0 Å². The van der Waals surface area contributed by atoms with Crippen molar-refractivity contribution in [2.24, 2.45) is 0 Å². The first-order valence-electron chi connectivity index (χ1n) is 17.1. The summed E-state index contributed by atoms with van der Waals surface area (Å²) < 4.78 is 2.55. The first kappa shape index (κ1) is 29.4. The van der Waals surface area contributed by atoms with Gasteiger partial charge in [-0.15, -0.1) is 11.3 Å². The highest BCUT2D eigenvalue weighted by Gasteiger charge is 2.18. The van der Waals surface area contributed by atoms with Crippen LogP contribution < -0.4 is 0 Å². The van der Waals surface area contributed by atoms with Gasteiger partial charge in [0.25, 0.3) is 0 Å². The van der Waals surface area contributed by atoms with Crippen molar-refractivity contribution < 1.29 is 0 Å². The number of hydrogen-bond donors (Lipinski definition) is 0. The first-order valence-corrected chi connectivity index (χ1v) is 17.9. The van der Waals surface area contributed by atoms with E-state index in [1.165, 1.54) is 36.3 Å². The molecule has 51 heavy (non-hydrogen) atoms. The second-order valence-corrected chi connectivity index (χ2v) is 13.8. The van der Waals surface area contributed by atoms with E-state index < -0.39 is 0 Å². The Morgan fingerprint density at radius 2 is 1.00 bits per heavy atom. The highest BCUT2D eigenvalue weighted by atomic mass is 32.1. The zero-order chi connectivity index (χ0) is 33.7. The van der Waals surface area contributed by atoms with Gasteiger partial charge >= 0.3 is 0 Å². The normalized spacial score (nSPS) is 11.5. The molecule has 10 aromatic rings. The largest absolute Gasteiger partial charge is 0.247 e. The summed E-state index contributed by atoms with van der Waals surface area (Å²) in [6.45, 7) is 0. The highest BCUT2D eigenvalue weighted by molar-refractivity contribution is 7.26. The minimum Gasteiger partial charge on any atom is -0.247 e. The maximum absolute atomic E-state index is 5.46. The Labute approximate surface area is 299 Å². The van der Waals surface area contributed by atoms with E-state index in [4.69, 9.17) is 15.0 Å². The predicted molar refractivity (Wildman–Crippen MR) is 215 cm³/mol. The Hall–Kier alpha value is -6.49. The number of nitrogens with zero attached hydrogens (tertiary/aromatic N) is 3. The van der Waals surface area contributed by atoms with E-state index >= 15 is 0 Å². The molecular formula is C47H29N3S. The van der Waals surface area contributed by atoms with Crippen molar-refractivity contribution in [3.8, 4) is 56.3 Å². The third-order valence-electron chi connectivity index (χ3n) is 9.69. The fraction of sp³-hybridized carbons (Fsp3) is 0. The molecule has 0 saturated heterocycles. The van der Waals surface area contributed by atoms with Crippen molar-refractivity contribution in [2.75, 3.05) is 0 Å². The van der Waals surface area contributed by atoms with Gasteiger partial charge in [-0.3, -0.25) is 0 Å². The van der Waals surface area contributed by atoms with Crippen LogP contribution in [0.15, 0.2) is 176 Å². The summed E-state index contributed by atoms with van der Waals surface area (Å²) in [5.74, 6) is 0.703. The van der Waals surface area contributed by atoms with E-state index in [-0.39, 0.29) is 0 Å². The molecule has 0 bridgehead atoms. The molecule has 0 aliphatic carbocycles. The average molecular weight is 668 g/mol. The van der Waals surface area contributed by atoms with Gasteiger partial charge in [-0.05, 0) is 40.1 Å². The molecule has 0 spiro atoms. The molecule has 3 nitrogen and oxygen atoms in total. The molecule has 3 aromatic heterocycles. The van der Waals surface area contributed by atoms with E-state index in [9.17, 15) is 0 Å². The van der Waals surface area contributed by atoms with Gasteiger partial charge < -0.3 is 0 Å². The van der Waals surface area contributed by atoms with Crippen LogP contribution in [-0.2, 0) is 0 Å². The molecule has 0 aliphatic heterocycles. The van der Waals surface area contributed by atoms with Gasteiger partial charge in [0.1, 0.15) is 0 Å². The molecule has 10 rings (SSSR count). The molecule has 0 amide bonds. The maximum atomic E-state index is 5.46. The smallest absolute Gasteiger partial charge is 0.160 e. The molecule has 0 fully saturated rings. The van der Waals surface area contributed by atoms with Gasteiger partial charge in [-0.25, -0.2) is 15.0 Å². The zero-order valence-electron chi connectivity index (χ0n) is 27.5. The van der Waals surface area contributed by atoms with Gasteiger partial charge in [0, 0.05) is 47.8 Å². The number of aromatic nitrogens is 3. The van der Waals surface area contributed by atoms with Crippen molar-refractivity contribution in [1.29, 1.82) is 0 Å². The minimum atomic E-state index is 0.703. The van der Waals surface area contributed by atoms with Gasteiger partial charge in [-0.1, -0.05) is 158 Å². The molecule has 0 N–H and O–H groups in total. The molecule has 3 heterocycles. The van der Waals surface area contributed by atoms with Crippen LogP contribution in [-0.4, -0.2) is 15.0 Å². The molecule has 0 unspecified atom stereocenters. The third-order valence-corrected chi connectivity index (χ3v) is 10.9. The molecule has 0 radical (unpaired) electrons. The quantitative estimate of drug-likeness (QED) is 0.183. The van der Waals surface area contributed by atoms with E-state index in [0.29, 0.717) is 5.82 Å². The summed E-state index contributed by atoms with van der Waals surface area (Å²) in [7, 11) is 0. The van der Waals surface area contributed by atoms with E-state index in [0.717, 1.165) is 56.0 Å². The maximum Gasteiger partial charge on any atom is 0.160 e. The lowest BCUT2D eigenvalue weighted by atomic mass is 9.96. The lowest BCUT2D eigenvalue weighted by Gasteiger charge is -2.12. The summed E-state index contributed by atoms with van der Waals surface area (Å²) in [6.07, 6.45) is 0. The molecule has 0 saturated carbocycles. The molecule has 4 heteroatoms. The lowest BCUT2D eigenvalue weighted by Crippen LogP contribution is -1.96. The second-order valence-electron chi connectivity index (χ2n) is 12.8. The molecular weight excluding hydrogens is 639 g/mol. The SMILES string of the molecule is c1ccc(-c2cc(-c3ccccc3)nc(-c3ccc(-c4ccc5c(c4)nc(-c4cccc6ccccc46)c4c6ccccc6sc54)cc3)n2)cc1. The van der Waals surface area contributed by atoms with Crippen LogP contribution in [0.1, 0.15) is 0 Å². The van der Waals surface area contributed by atoms with Crippen LogP contribution in [0.3, 0.4) is 0 Å². The van der Waals surface area contributed by atoms with Gasteiger partial charge in [0.05, 0.1) is 22.6 Å². The van der Waals surface area contributed by atoms with E-state index in [2.05, 4.69) is 140 Å². The van der Waals surface area contributed by atoms with Crippen LogP contribution in [0.2, 0.25) is 0 Å².